The van der Waals surface area contributed by atoms with Crippen LogP contribution in [-0.4, -0.2) is 16.7 Å². The van der Waals surface area contributed by atoms with Crippen LogP contribution in [-0.2, 0) is 0 Å². The number of nitrogens with zero attached hydrogens (tertiary/aromatic N) is 2. The Bertz CT molecular complexity index is 1020. The summed E-state index contributed by atoms with van der Waals surface area (Å²) in [6.07, 6.45) is 0. The molecule has 0 heterocycles. The molecular weight excluding hydrogens is 314 g/mol. The number of rotatable bonds is 3. The molecule has 0 radical (unpaired) electrons. The number of carbonyl (C=O) groups excluding carboxylic acids is 1. The second-order valence-electron chi connectivity index (χ2n) is 5.54. The van der Waals surface area contributed by atoms with Crippen molar-refractivity contribution >= 4 is 22.4 Å². The number of carbonyl (C=O) groups is 1. The molecule has 3 rings (SSSR count). The van der Waals surface area contributed by atoms with E-state index in [1.54, 1.807) is 43.3 Å². The van der Waals surface area contributed by atoms with Crippen molar-refractivity contribution in [1.29, 1.82) is 5.26 Å². The Hall–Kier alpha value is -3.65. The number of phenolic OH excluding ortho intramolecular Hbond substituents is 1. The van der Waals surface area contributed by atoms with Crippen LogP contribution in [0.5, 0.6) is 5.75 Å². The summed E-state index contributed by atoms with van der Waals surface area (Å²) >= 11 is 0. The highest BCUT2D eigenvalue weighted by Crippen LogP contribution is 2.24. The molecule has 1 amide bonds. The van der Waals surface area contributed by atoms with E-state index < -0.39 is 5.91 Å². The third-order valence-corrected chi connectivity index (χ3v) is 3.87. The fourth-order valence-electron chi connectivity index (χ4n) is 2.46. The first-order valence-electron chi connectivity index (χ1n) is 7.65. The molecular formula is C20H15N3O2. The minimum absolute atomic E-state index is 0.0950. The van der Waals surface area contributed by atoms with Crippen molar-refractivity contribution in [3.05, 3.63) is 77.4 Å². The fourth-order valence-corrected chi connectivity index (χ4v) is 2.46. The van der Waals surface area contributed by atoms with Gasteiger partial charge in [0.1, 0.15) is 5.75 Å². The molecule has 0 fully saturated rings. The van der Waals surface area contributed by atoms with Gasteiger partial charge in [0.25, 0.3) is 5.91 Å². The summed E-state index contributed by atoms with van der Waals surface area (Å²) in [4.78, 5) is 12.3. The lowest BCUT2D eigenvalue weighted by atomic mass is 10.1. The summed E-state index contributed by atoms with van der Waals surface area (Å²) in [7, 11) is 0. The zero-order valence-electron chi connectivity index (χ0n) is 13.5. The zero-order chi connectivity index (χ0) is 17.8. The van der Waals surface area contributed by atoms with Gasteiger partial charge in [-0.3, -0.25) is 4.79 Å². The topological polar surface area (TPSA) is 85.5 Å². The molecule has 0 bridgehead atoms. The van der Waals surface area contributed by atoms with Gasteiger partial charge in [-0.1, -0.05) is 36.4 Å². The molecule has 0 aliphatic carbocycles. The minimum Gasteiger partial charge on any atom is -0.507 e. The molecule has 0 aliphatic heterocycles. The highest BCUT2D eigenvalue weighted by molar-refractivity contribution is 6.03. The number of phenols is 1. The molecule has 3 aromatic carbocycles. The highest BCUT2D eigenvalue weighted by Gasteiger charge is 2.12. The number of fused-ring (bicyclic) bond motifs is 1. The van der Waals surface area contributed by atoms with Gasteiger partial charge in [-0.15, -0.1) is 0 Å². The Morgan fingerprint density at radius 1 is 1.08 bits per heavy atom. The average molecular weight is 329 g/mol. The van der Waals surface area contributed by atoms with Crippen molar-refractivity contribution in [1.82, 2.24) is 5.43 Å². The van der Waals surface area contributed by atoms with Crippen LogP contribution in [0.4, 0.5) is 0 Å². The number of hydrazone groups is 1. The van der Waals surface area contributed by atoms with Crippen LogP contribution in [0.1, 0.15) is 28.4 Å². The Morgan fingerprint density at radius 2 is 1.72 bits per heavy atom. The van der Waals surface area contributed by atoms with Crippen molar-refractivity contribution in [2.45, 2.75) is 6.92 Å². The van der Waals surface area contributed by atoms with Crippen molar-refractivity contribution < 1.29 is 9.90 Å². The molecule has 0 saturated heterocycles. The first-order chi connectivity index (χ1) is 12.1. The van der Waals surface area contributed by atoms with Gasteiger partial charge < -0.3 is 5.11 Å². The van der Waals surface area contributed by atoms with Crippen LogP contribution in [0.3, 0.4) is 0 Å². The van der Waals surface area contributed by atoms with E-state index in [1.807, 2.05) is 30.3 Å². The normalized spacial score (nSPS) is 11.1. The predicted molar refractivity (Wildman–Crippen MR) is 96.4 cm³/mol. The molecule has 0 unspecified atom stereocenters. The van der Waals surface area contributed by atoms with Gasteiger partial charge in [0.05, 0.1) is 22.9 Å². The molecule has 0 spiro atoms. The molecule has 2 N–H and O–H groups in total. The molecule has 122 valence electrons. The maximum atomic E-state index is 12.3. The average Bonchev–Trinajstić information content (AvgIpc) is 2.65. The van der Waals surface area contributed by atoms with Gasteiger partial charge in [-0.25, -0.2) is 5.43 Å². The van der Waals surface area contributed by atoms with Crippen LogP contribution >= 0.6 is 0 Å². The van der Waals surface area contributed by atoms with E-state index in [1.165, 1.54) is 0 Å². The summed E-state index contributed by atoms with van der Waals surface area (Å²) in [5.41, 5.74) is 4.56. The number of nitriles is 1. The van der Waals surface area contributed by atoms with E-state index in [9.17, 15) is 9.90 Å². The van der Waals surface area contributed by atoms with Gasteiger partial charge in [-0.05, 0) is 47.5 Å². The van der Waals surface area contributed by atoms with Gasteiger partial charge in [-0.2, -0.15) is 10.4 Å². The number of aromatic hydroxyl groups is 1. The molecule has 0 aliphatic rings. The Morgan fingerprint density at radius 3 is 2.36 bits per heavy atom. The summed E-state index contributed by atoms with van der Waals surface area (Å²) in [5, 5.41) is 24.7. The molecule has 0 aromatic heterocycles. The fraction of sp³-hybridized carbons (Fsp3) is 0.0500. The Labute approximate surface area is 144 Å². The lowest BCUT2D eigenvalue weighted by molar-refractivity contribution is 0.0952. The number of amides is 1. The van der Waals surface area contributed by atoms with Gasteiger partial charge in [0.2, 0.25) is 0 Å². The van der Waals surface area contributed by atoms with Crippen LogP contribution in [0, 0.1) is 11.3 Å². The lowest BCUT2D eigenvalue weighted by Crippen LogP contribution is -2.19. The van der Waals surface area contributed by atoms with E-state index >= 15 is 0 Å². The zero-order valence-corrected chi connectivity index (χ0v) is 13.5. The second kappa shape index (κ2) is 6.85. The molecule has 3 aromatic rings. The van der Waals surface area contributed by atoms with Gasteiger partial charge >= 0.3 is 0 Å². The first-order valence-corrected chi connectivity index (χ1v) is 7.65. The molecule has 5 heteroatoms. The Balaban J connectivity index is 1.82. The van der Waals surface area contributed by atoms with E-state index in [0.717, 1.165) is 16.3 Å². The summed E-state index contributed by atoms with van der Waals surface area (Å²) in [5.74, 6) is -0.585. The van der Waals surface area contributed by atoms with Crippen LogP contribution < -0.4 is 5.43 Å². The van der Waals surface area contributed by atoms with Crippen LogP contribution in [0.25, 0.3) is 10.8 Å². The predicted octanol–water partition coefficient (Wildman–Crippen LogP) is 3.57. The lowest BCUT2D eigenvalue weighted by Gasteiger charge is -2.07. The molecule has 0 atom stereocenters. The van der Waals surface area contributed by atoms with Gasteiger partial charge in [0, 0.05) is 0 Å². The van der Waals surface area contributed by atoms with Crippen molar-refractivity contribution in [3.8, 4) is 11.8 Å². The summed E-state index contributed by atoms with van der Waals surface area (Å²) in [6.45, 7) is 1.75. The van der Waals surface area contributed by atoms with Crippen molar-refractivity contribution in [3.63, 3.8) is 0 Å². The van der Waals surface area contributed by atoms with Crippen LogP contribution in [0.2, 0.25) is 0 Å². The highest BCUT2D eigenvalue weighted by atomic mass is 16.3. The number of nitrogens with one attached hydrogen (secondary N) is 1. The largest absolute Gasteiger partial charge is 0.507 e. The molecule has 0 saturated carbocycles. The monoisotopic (exact) mass is 329 g/mol. The standard InChI is InChI=1S/C20H15N3O2/c1-13(15-8-6-14(12-21)7-9-15)22-23-20(25)18-10-16-4-2-3-5-17(16)11-19(18)24/h2-11,24H,1H3,(H,23,25)/b22-13-. The van der Waals surface area contributed by atoms with E-state index in [4.69, 9.17) is 5.26 Å². The Kier molecular flexibility index (Phi) is 4.44. The maximum Gasteiger partial charge on any atom is 0.275 e. The minimum atomic E-state index is -0.490. The van der Waals surface area contributed by atoms with Gasteiger partial charge in [0.15, 0.2) is 0 Å². The second-order valence-corrected chi connectivity index (χ2v) is 5.54. The number of benzene rings is 3. The van der Waals surface area contributed by atoms with Crippen LogP contribution in [0.15, 0.2) is 65.8 Å². The smallest absolute Gasteiger partial charge is 0.275 e. The summed E-state index contributed by atoms with van der Waals surface area (Å²) in [6, 6.07) is 19.6. The number of hydrogen-bond donors (Lipinski definition) is 2. The van der Waals surface area contributed by atoms with E-state index in [2.05, 4.69) is 10.5 Å². The SMILES string of the molecule is C/C(=N/NC(=O)c1cc2ccccc2cc1O)c1ccc(C#N)cc1. The third kappa shape index (κ3) is 3.48. The van der Waals surface area contributed by atoms with Crippen molar-refractivity contribution in [2.24, 2.45) is 5.10 Å². The quantitative estimate of drug-likeness (QED) is 0.569. The van der Waals surface area contributed by atoms with Crippen molar-refractivity contribution in [2.75, 3.05) is 0 Å². The van der Waals surface area contributed by atoms with E-state index in [0.29, 0.717) is 11.3 Å². The number of hydrogen-bond acceptors (Lipinski definition) is 4. The van der Waals surface area contributed by atoms with E-state index in [-0.39, 0.29) is 11.3 Å². The first kappa shape index (κ1) is 16.2. The maximum absolute atomic E-state index is 12.3. The third-order valence-electron chi connectivity index (χ3n) is 3.87. The molecule has 5 nitrogen and oxygen atoms in total. The summed E-state index contributed by atoms with van der Waals surface area (Å²) < 4.78 is 0. The molecule has 25 heavy (non-hydrogen) atoms.